The predicted octanol–water partition coefficient (Wildman–Crippen LogP) is 1.93. The Morgan fingerprint density at radius 1 is 0.875 bits per heavy atom. The summed E-state index contributed by atoms with van der Waals surface area (Å²) in [7, 11) is 1.06. The number of hydrogen-bond donors (Lipinski definition) is 0. The van der Waals surface area contributed by atoms with Gasteiger partial charge in [-0.2, -0.15) is 0 Å². The fourth-order valence-corrected chi connectivity index (χ4v) is 3.44. The zero-order valence-corrected chi connectivity index (χ0v) is 10.6. The van der Waals surface area contributed by atoms with Crippen LogP contribution < -0.4 is 15.1 Å². The van der Waals surface area contributed by atoms with Gasteiger partial charge in [0.05, 0.1) is 7.11 Å². The molecule has 2 aromatic rings. The van der Waals surface area contributed by atoms with E-state index in [1.165, 1.54) is 10.4 Å². The number of rotatable bonds is 3. The van der Waals surface area contributed by atoms with E-state index in [9.17, 15) is 0 Å². The molecular formula is C14H15OSi. The van der Waals surface area contributed by atoms with Gasteiger partial charge in [-0.25, -0.2) is 0 Å². The van der Waals surface area contributed by atoms with Crippen molar-refractivity contribution in [1.29, 1.82) is 0 Å². The molecule has 0 spiro atoms. The summed E-state index contributed by atoms with van der Waals surface area (Å²) in [4.78, 5) is 0. The van der Waals surface area contributed by atoms with E-state index < -0.39 is 8.80 Å². The highest BCUT2D eigenvalue weighted by Gasteiger charge is 2.10. The smallest absolute Gasteiger partial charge is 0.118 e. The summed E-state index contributed by atoms with van der Waals surface area (Å²) in [6.07, 6.45) is 0. The van der Waals surface area contributed by atoms with Crippen LogP contribution in [0.25, 0.3) is 0 Å². The topological polar surface area (TPSA) is 9.23 Å². The number of ether oxygens (including phenoxy) is 1. The van der Waals surface area contributed by atoms with E-state index in [1.807, 2.05) is 6.07 Å². The molecule has 0 N–H and O–H groups in total. The highest BCUT2D eigenvalue weighted by Crippen LogP contribution is 2.06. The Morgan fingerprint density at radius 3 is 2.25 bits per heavy atom. The van der Waals surface area contributed by atoms with Gasteiger partial charge in [0.25, 0.3) is 0 Å². The van der Waals surface area contributed by atoms with Gasteiger partial charge in [0.1, 0.15) is 14.5 Å². The van der Waals surface area contributed by atoms with Crippen LogP contribution >= 0.6 is 0 Å². The highest BCUT2D eigenvalue weighted by atomic mass is 28.3. The van der Waals surface area contributed by atoms with Gasteiger partial charge in [-0.05, 0) is 12.1 Å². The predicted molar refractivity (Wildman–Crippen MR) is 70.3 cm³/mol. The fourth-order valence-electron chi connectivity index (χ4n) is 1.71. The average molecular weight is 227 g/mol. The second-order valence-electron chi connectivity index (χ2n) is 3.72. The lowest BCUT2D eigenvalue weighted by molar-refractivity contribution is 0.415. The van der Waals surface area contributed by atoms with Crippen molar-refractivity contribution in [3.63, 3.8) is 0 Å². The Hall–Kier alpha value is -1.54. The number of hydrogen-bond acceptors (Lipinski definition) is 1. The maximum atomic E-state index is 5.26. The van der Waals surface area contributed by atoms with E-state index in [4.69, 9.17) is 4.74 Å². The summed E-state index contributed by atoms with van der Waals surface area (Å²) in [5.74, 6) is 0.942. The van der Waals surface area contributed by atoms with E-state index in [0.717, 1.165) is 5.75 Å². The van der Waals surface area contributed by atoms with Gasteiger partial charge in [-0.1, -0.05) is 59.4 Å². The molecule has 0 aliphatic carbocycles. The summed E-state index contributed by atoms with van der Waals surface area (Å²) < 4.78 is 5.26. The molecular weight excluding hydrogens is 212 g/mol. The molecule has 16 heavy (non-hydrogen) atoms. The summed E-state index contributed by atoms with van der Waals surface area (Å²) in [5, 5.41) is 2.82. The molecule has 2 rings (SSSR count). The van der Waals surface area contributed by atoms with Gasteiger partial charge in [0.2, 0.25) is 0 Å². The van der Waals surface area contributed by atoms with Gasteiger partial charge in [0, 0.05) is 0 Å². The Balaban J connectivity index is 2.30. The SMILES string of the molecule is COc1cccc([Si](C)c2ccccc2)c1. The molecule has 0 amide bonds. The Bertz CT molecular complexity index is 453. The maximum Gasteiger partial charge on any atom is 0.118 e. The molecule has 0 heterocycles. The molecule has 0 aliphatic heterocycles. The Kier molecular flexibility index (Phi) is 3.42. The third-order valence-electron chi connectivity index (χ3n) is 2.71. The fraction of sp³-hybridized carbons (Fsp3) is 0.143. The number of methoxy groups -OCH3 is 1. The van der Waals surface area contributed by atoms with Crippen molar-refractivity contribution in [3.05, 3.63) is 54.6 Å². The summed E-state index contributed by atoms with van der Waals surface area (Å²) >= 11 is 0. The first kappa shape index (κ1) is 11.0. The molecule has 0 aliphatic rings. The first-order chi connectivity index (χ1) is 7.81. The lowest BCUT2D eigenvalue weighted by Gasteiger charge is -2.11. The van der Waals surface area contributed by atoms with Gasteiger partial charge >= 0.3 is 0 Å². The molecule has 0 unspecified atom stereocenters. The van der Waals surface area contributed by atoms with Gasteiger partial charge in [-0.15, -0.1) is 0 Å². The standard InChI is InChI=1S/C14H15OSi/c1-15-12-7-6-10-14(11-12)16(2)13-8-4-3-5-9-13/h3-11H,1-2H3. The van der Waals surface area contributed by atoms with Gasteiger partial charge in [-0.3, -0.25) is 0 Å². The van der Waals surface area contributed by atoms with Crippen LogP contribution in [0.4, 0.5) is 0 Å². The molecule has 81 valence electrons. The normalized spacial score (nSPS) is 10.4. The molecule has 0 fully saturated rings. The first-order valence-corrected chi connectivity index (χ1v) is 7.34. The Labute approximate surface area is 98.3 Å². The van der Waals surface area contributed by atoms with Gasteiger partial charge < -0.3 is 4.74 Å². The van der Waals surface area contributed by atoms with Crippen molar-refractivity contribution < 1.29 is 4.74 Å². The van der Waals surface area contributed by atoms with E-state index in [0.29, 0.717) is 0 Å². The third kappa shape index (κ3) is 2.34. The largest absolute Gasteiger partial charge is 0.497 e. The Morgan fingerprint density at radius 2 is 1.56 bits per heavy atom. The minimum Gasteiger partial charge on any atom is -0.497 e. The van der Waals surface area contributed by atoms with E-state index in [1.54, 1.807) is 7.11 Å². The van der Waals surface area contributed by atoms with Crippen molar-refractivity contribution in [2.24, 2.45) is 0 Å². The minimum absolute atomic E-state index is 0.657. The summed E-state index contributed by atoms with van der Waals surface area (Å²) in [6, 6.07) is 19.0. The van der Waals surface area contributed by atoms with Crippen LogP contribution in [0.2, 0.25) is 6.55 Å². The first-order valence-electron chi connectivity index (χ1n) is 5.34. The molecule has 2 heteroatoms. The lowest BCUT2D eigenvalue weighted by Crippen LogP contribution is -2.38. The zero-order chi connectivity index (χ0) is 11.4. The summed E-state index contributed by atoms with van der Waals surface area (Å²) in [6.45, 7) is 2.31. The van der Waals surface area contributed by atoms with Crippen LogP contribution in [0.1, 0.15) is 0 Å². The zero-order valence-electron chi connectivity index (χ0n) is 9.60. The van der Waals surface area contributed by atoms with Crippen LogP contribution in [0.5, 0.6) is 5.75 Å². The second-order valence-corrected chi connectivity index (χ2v) is 6.13. The van der Waals surface area contributed by atoms with Crippen LogP contribution in [0.15, 0.2) is 54.6 Å². The average Bonchev–Trinajstić information content (AvgIpc) is 2.39. The molecule has 0 bridgehead atoms. The molecule has 0 saturated heterocycles. The monoisotopic (exact) mass is 227 g/mol. The van der Waals surface area contributed by atoms with Crippen LogP contribution in [0.3, 0.4) is 0 Å². The van der Waals surface area contributed by atoms with Crippen molar-refractivity contribution in [1.82, 2.24) is 0 Å². The van der Waals surface area contributed by atoms with Crippen LogP contribution in [-0.4, -0.2) is 15.9 Å². The van der Waals surface area contributed by atoms with Crippen LogP contribution in [-0.2, 0) is 0 Å². The molecule has 2 aromatic carbocycles. The molecule has 0 atom stereocenters. The summed E-state index contributed by atoms with van der Waals surface area (Å²) in [5.41, 5.74) is 0. The molecule has 1 nitrogen and oxygen atoms in total. The van der Waals surface area contributed by atoms with Crippen LogP contribution in [0, 0.1) is 0 Å². The third-order valence-corrected chi connectivity index (χ3v) is 5.09. The van der Waals surface area contributed by atoms with Crippen molar-refractivity contribution in [3.8, 4) is 5.75 Å². The lowest BCUT2D eigenvalue weighted by atomic mass is 10.3. The minimum atomic E-state index is -0.657. The van der Waals surface area contributed by atoms with E-state index >= 15 is 0 Å². The second kappa shape index (κ2) is 4.99. The van der Waals surface area contributed by atoms with Crippen molar-refractivity contribution >= 4 is 19.2 Å². The highest BCUT2D eigenvalue weighted by molar-refractivity contribution is 6.84. The van der Waals surface area contributed by atoms with Crippen molar-refractivity contribution in [2.75, 3.05) is 7.11 Å². The van der Waals surface area contributed by atoms with Gasteiger partial charge in [0.15, 0.2) is 0 Å². The number of benzene rings is 2. The molecule has 0 saturated carbocycles. The molecule has 1 radical (unpaired) electrons. The maximum absolute atomic E-state index is 5.26. The van der Waals surface area contributed by atoms with E-state index in [-0.39, 0.29) is 0 Å². The molecule has 0 aromatic heterocycles. The van der Waals surface area contributed by atoms with Crippen molar-refractivity contribution in [2.45, 2.75) is 6.55 Å². The van der Waals surface area contributed by atoms with E-state index in [2.05, 4.69) is 55.1 Å². The quantitative estimate of drug-likeness (QED) is 0.728.